The van der Waals surface area contributed by atoms with Gasteiger partial charge in [-0.05, 0) is 37.0 Å². The van der Waals surface area contributed by atoms with E-state index in [1.165, 1.54) is 24.9 Å². The van der Waals surface area contributed by atoms with Crippen LogP contribution in [0.25, 0.3) is 5.69 Å². The topological polar surface area (TPSA) is 83.3 Å². The second-order valence-corrected chi connectivity index (χ2v) is 5.20. The summed E-state index contributed by atoms with van der Waals surface area (Å²) in [6.45, 7) is 0. The molecular weight excluding hydrogens is 270 g/mol. The summed E-state index contributed by atoms with van der Waals surface area (Å²) in [6.07, 6.45) is 4.96. The van der Waals surface area contributed by atoms with Crippen LogP contribution in [0.4, 0.5) is 5.69 Å². The number of non-ortho nitro benzene ring substituents is 1. The van der Waals surface area contributed by atoms with Gasteiger partial charge in [-0.25, -0.2) is 0 Å². The average molecular weight is 287 g/mol. The zero-order valence-corrected chi connectivity index (χ0v) is 11.8. The van der Waals surface area contributed by atoms with Crippen molar-refractivity contribution in [1.82, 2.24) is 4.57 Å². The fourth-order valence-corrected chi connectivity index (χ4v) is 2.93. The minimum Gasteiger partial charge on any atom is -0.494 e. The first-order valence-corrected chi connectivity index (χ1v) is 6.90. The summed E-state index contributed by atoms with van der Waals surface area (Å²) >= 11 is 0. The molecule has 110 valence electrons. The first-order valence-electron chi connectivity index (χ1n) is 6.90. The van der Waals surface area contributed by atoms with E-state index in [1.54, 1.807) is 6.07 Å². The monoisotopic (exact) mass is 287 g/mol. The summed E-state index contributed by atoms with van der Waals surface area (Å²) in [4.78, 5) is 10.4. The van der Waals surface area contributed by atoms with E-state index in [0.717, 1.165) is 30.5 Å². The number of hydrogen-bond acceptors (Lipinski definition) is 4. The van der Waals surface area contributed by atoms with Crippen LogP contribution in [0, 0.1) is 10.1 Å². The van der Waals surface area contributed by atoms with E-state index in [9.17, 15) is 10.1 Å². The van der Waals surface area contributed by atoms with Crippen LogP contribution in [0.15, 0.2) is 30.5 Å². The maximum Gasteiger partial charge on any atom is 0.273 e. The number of rotatable bonds is 3. The highest BCUT2D eigenvalue weighted by Crippen LogP contribution is 2.34. The number of fused-ring (bicyclic) bond motifs is 1. The molecule has 0 saturated carbocycles. The zero-order valence-electron chi connectivity index (χ0n) is 11.8. The number of nitro groups is 1. The van der Waals surface area contributed by atoms with Gasteiger partial charge in [-0.2, -0.15) is 0 Å². The molecule has 6 nitrogen and oxygen atoms in total. The molecule has 1 unspecified atom stereocenters. The van der Waals surface area contributed by atoms with Crippen molar-refractivity contribution in [3.8, 4) is 11.4 Å². The van der Waals surface area contributed by atoms with Crippen LogP contribution in [0.2, 0.25) is 0 Å². The molecule has 0 spiro atoms. The molecule has 0 radical (unpaired) electrons. The molecule has 0 aliphatic heterocycles. The summed E-state index contributed by atoms with van der Waals surface area (Å²) in [6, 6.07) is 6.76. The molecular formula is C15H17N3O3. The Labute approximate surface area is 122 Å². The Hall–Kier alpha value is -2.34. The molecule has 2 aromatic rings. The summed E-state index contributed by atoms with van der Waals surface area (Å²) in [5.74, 6) is 0.488. The first kappa shape index (κ1) is 13.6. The Morgan fingerprint density at radius 1 is 1.43 bits per heavy atom. The summed E-state index contributed by atoms with van der Waals surface area (Å²) < 4.78 is 7.35. The molecule has 6 heteroatoms. The van der Waals surface area contributed by atoms with Gasteiger partial charge in [0.2, 0.25) is 0 Å². The normalized spacial score (nSPS) is 17.3. The van der Waals surface area contributed by atoms with Crippen molar-refractivity contribution in [3.63, 3.8) is 0 Å². The largest absolute Gasteiger partial charge is 0.494 e. The Balaban J connectivity index is 2.11. The summed E-state index contributed by atoms with van der Waals surface area (Å²) in [5, 5.41) is 10.9. The number of nitrogens with zero attached hydrogens (tertiary/aromatic N) is 2. The molecule has 2 N–H and O–H groups in total. The standard InChI is InChI=1S/C15H17N3O3/c1-21-15-9-10(18(19)20)5-6-14(15)17-8-7-11-12(16)3-2-4-13(11)17/h5-9,12H,2-4,16H2,1H3. The minimum absolute atomic E-state index is 0.0216. The third kappa shape index (κ3) is 2.27. The molecule has 0 amide bonds. The molecule has 1 heterocycles. The molecule has 1 aromatic carbocycles. The third-order valence-electron chi connectivity index (χ3n) is 3.99. The molecule has 1 aliphatic rings. The van der Waals surface area contributed by atoms with Crippen molar-refractivity contribution >= 4 is 5.69 Å². The van der Waals surface area contributed by atoms with Crippen molar-refractivity contribution < 1.29 is 9.66 Å². The van der Waals surface area contributed by atoms with Gasteiger partial charge in [-0.1, -0.05) is 0 Å². The van der Waals surface area contributed by atoms with Crippen molar-refractivity contribution in [3.05, 3.63) is 51.8 Å². The van der Waals surface area contributed by atoms with Gasteiger partial charge in [0.15, 0.2) is 0 Å². The van der Waals surface area contributed by atoms with E-state index in [2.05, 4.69) is 0 Å². The van der Waals surface area contributed by atoms with Crippen molar-refractivity contribution in [2.75, 3.05) is 7.11 Å². The minimum atomic E-state index is -0.423. The molecule has 1 aromatic heterocycles. The fourth-order valence-electron chi connectivity index (χ4n) is 2.93. The van der Waals surface area contributed by atoms with Crippen LogP contribution in [-0.4, -0.2) is 16.6 Å². The van der Waals surface area contributed by atoms with Crippen LogP contribution < -0.4 is 10.5 Å². The molecule has 3 rings (SSSR count). The average Bonchev–Trinajstić information content (AvgIpc) is 2.91. The number of ether oxygens (including phenoxy) is 1. The summed E-state index contributed by atoms with van der Waals surface area (Å²) in [5.41, 5.74) is 9.29. The molecule has 1 aliphatic carbocycles. The van der Waals surface area contributed by atoms with Crippen molar-refractivity contribution in [2.45, 2.75) is 25.3 Å². The quantitative estimate of drug-likeness (QED) is 0.695. The smallest absolute Gasteiger partial charge is 0.273 e. The first-order chi connectivity index (χ1) is 10.1. The lowest BCUT2D eigenvalue weighted by Crippen LogP contribution is -2.18. The predicted octanol–water partition coefficient (Wildman–Crippen LogP) is 2.73. The number of methoxy groups -OCH3 is 1. The molecule has 0 saturated heterocycles. The molecule has 0 fully saturated rings. The zero-order chi connectivity index (χ0) is 15.0. The fraction of sp³-hybridized carbons (Fsp3) is 0.333. The van der Waals surface area contributed by atoms with E-state index in [1.807, 2.05) is 16.8 Å². The number of nitrogens with two attached hydrogens (primary N) is 1. The summed E-state index contributed by atoms with van der Waals surface area (Å²) in [7, 11) is 1.52. The SMILES string of the molecule is COc1cc([N+](=O)[O-])ccc1-n1ccc2c1CCCC2N. The predicted molar refractivity (Wildman–Crippen MR) is 78.8 cm³/mol. The van der Waals surface area contributed by atoms with Gasteiger partial charge in [0.25, 0.3) is 5.69 Å². The van der Waals surface area contributed by atoms with E-state index in [4.69, 9.17) is 10.5 Å². The Kier molecular flexibility index (Phi) is 3.39. The van der Waals surface area contributed by atoms with Gasteiger partial charge in [-0.15, -0.1) is 0 Å². The van der Waals surface area contributed by atoms with E-state index >= 15 is 0 Å². The molecule has 0 bridgehead atoms. The van der Waals surface area contributed by atoms with Crippen LogP contribution in [0.3, 0.4) is 0 Å². The lowest BCUT2D eigenvalue weighted by molar-refractivity contribution is -0.384. The van der Waals surface area contributed by atoms with Gasteiger partial charge < -0.3 is 15.0 Å². The van der Waals surface area contributed by atoms with Gasteiger partial charge in [0.05, 0.1) is 23.8 Å². The Morgan fingerprint density at radius 3 is 2.95 bits per heavy atom. The van der Waals surface area contributed by atoms with Gasteiger partial charge in [0.1, 0.15) is 5.75 Å². The van der Waals surface area contributed by atoms with Crippen LogP contribution in [-0.2, 0) is 6.42 Å². The number of hydrogen-bond donors (Lipinski definition) is 1. The maximum absolute atomic E-state index is 10.9. The van der Waals surface area contributed by atoms with E-state index in [-0.39, 0.29) is 11.7 Å². The number of aromatic nitrogens is 1. The highest BCUT2D eigenvalue weighted by molar-refractivity contribution is 5.55. The van der Waals surface area contributed by atoms with Gasteiger partial charge in [0, 0.05) is 24.0 Å². The van der Waals surface area contributed by atoms with Crippen LogP contribution in [0.1, 0.15) is 30.1 Å². The van der Waals surface area contributed by atoms with Crippen molar-refractivity contribution in [1.29, 1.82) is 0 Å². The van der Waals surface area contributed by atoms with Gasteiger partial charge in [-0.3, -0.25) is 10.1 Å². The van der Waals surface area contributed by atoms with E-state index in [0.29, 0.717) is 5.75 Å². The lowest BCUT2D eigenvalue weighted by Gasteiger charge is -2.21. The third-order valence-corrected chi connectivity index (χ3v) is 3.99. The second-order valence-electron chi connectivity index (χ2n) is 5.20. The lowest BCUT2D eigenvalue weighted by atomic mass is 9.93. The second kappa shape index (κ2) is 5.21. The van der Waals surface area contributed by atoms with Crippen molar-refractivity contribution in [2.24, 2.45) is 5.73 Å². The number of nitro benzene ring substituents is 1. The highest BCUT2D eigenvalue weighted by atomic mass is 16.6. The van der Waals surface area contributed by atoms with Crippen LogP contribution >= 0.6 is 0 Å². The van der Waals surface area contributed by atoms with E-state index < -0.39 is 4.92 Å². The van der Waals surface area contributed by atoms with Crippen LogP contribution in [0.5, 0.6) is 5.75 Å². The van der Waals surface area contributed by atoms with Gasteiger partial charge >= 0.3 is 0 Å². The Bertz CT molecular complexity index is 693. The Morgan fingerprint density at radius 2 is 2.24 bits per heavy atom. The maximum atomic E-state index is 10.9. The highest BCUT2D eigenvalue weighted by Gasteiger charge is 2.22. The molecule has 1 atom stereocenters. The molecule has 21 heavy (non-hydrogen) atoms. The number of benzene rings is 1.